The van der Waals surface area contributed by atoms with E-state index in [2.05, 4.69) is 21.2 Å². The van der Waals surface area contributed by atoms with Crippen LogP contribution in [-0.2, 0) is 20.9 Å². The molecule has 0 spiro atoms. The summed E-state index contributed by atoms with van der Waals surface area (Å²) >= 11 is 3.29. The minimum Gasteiger partial charge on any atom is -0.350 e. The van der Waals surface area contributed by atoms with Crippen LogP contribution >= 0.6 is 15.9 Å². The third-order valence-electron chi connectivity index (χ3n) is 5.31. The topological polar surface area (TPSA) is 66.5 Å². The monoisotopic (exact) mass is 450 g/mol. The van der Waals surface area contributed by atoms with E-state index in [1.54, 1.807) is 12.1 Å². The molecule has 5 nitrogen and oxygen atoms in total. The lowest BCUT2D eigenvalue weighted by atomic mass is 9.85. The molecule has 1 aliphatic carbocycles. The van der Waals surface area contributed by atoms with Crippen molar-refractivity contribution >= 4 is 33.7 Å². The van der Waals surface area contributed by atoms with Crippen LogP contribution in [0.3, 0.4) is 0 Å². The van der Waals surface area contributed by atoms with Gasteiger partial charge in [0.2, 0.25) is 17.7 Å². The summed E-state index contributed by atoms with van der Waals surface area (Å²) in [5.74, 6) is -2.03. The third kappa shape index (κ3) is 4.19. The van der Waals surface area contributed by atoms with E-state index in [4.69, 9.17) is 0 Å². The van der Waals surface area contributed by atoms with E-state index in [1.165, 1.54) is 6.07 Å². The van der Waals surface area contributed by atoms with E-state index in [9.17, 15) is 18.8 Å². The van der Waals surface area contributed by atoms with Gasteiger partial charge in [-0.1, -0.05) is 41.9 Å². The molecule has 28 heavy (non-hydrogen) atoms. The molecule has 3 rings (SSSR count). The lowest BCUT2D eigenvalue weighted by Crippen LogP contribution is -2.50. The zero-order valence-corrected chi connectivity index (χ0v) is 17.5. The Labute approximate surface area is 172 Å². The molecule has 0 bridgehead atoms. The Morgan fingerprint density at radius 3 is 2.39 bits per heavy atom. The van der Waals surface area contributed by atoms with Crippen molar-refractivity contribution in [2.75, 3.05) is 0 Å². The standard InChI is InChI=1S/C21H24BrFN2O3/c1-12(2)9-18(19(26)24-11-13-10-14(22)7-8-17(13)23)25-20(27)15-5-3-4-6-16(15)21(25)28/h3-4,7-8,10,12,15-16,18H,5-6,9,11H2,1-2H3,(H,24,26). The minimum absolute atomic E-state index is 0.0106. The number of hydrogen-bond acceptors (Lipinski definition) is 3. The molecule has 0 radical (unpaired) electrons. The summed E-state index contributed by atoms with van der Waals surface area (Å²) in [6.07, 6.45) is 5.28. The zero-order valence-electron chi connectivity index (χ0n) is 16.0. The van der Waals surface area contributed by atoms with E-state index in [0.717, 1.165) is 4.90 Å². The van der Waals surface area contributed by atoms with Crippen LogP contribution in [0.5, 0.6) is 0 Å². The van der Waals surface area contributed by atoms with E-state index in [-0.39, 0.29) is 36.1 Å². The number of hydrogen-bond donors (Lipinski definition) is 1. The highest BCUT2D eigenvalue weighted by molar-refractivity contribution is 9.10. The summed E-state index contributed by atoms with van der Waals surface area (Å²) in [6, 6.07) is 3.63. The van der Waals surface area contributed by atoms with E-state index in [0.29, 0.717) is 29.3 Å². The Morgan fingerprint density at radius 1 is 1.21 bits per heavy atom. The molecule has 2 aliphatic rings. The molecule has 0 saturated carbocycles. The number of carbonyl (C=O) groups excluding carboxylic acids is 3. The molecule has 3 unspecified atom stereocenters. The fraction of sp³-hybridized carbons (Fsp3) is 0.476. The lowest BCUT2D eigenvalue weighted by molar-refractivity contribution is -0.148. The van der Waals surface area contributed by atoms with Gasteiger partial charge in [-0.05, 0) is 43.4 Å². The van der Waals surface area contributed by atoms with Crippen molar-refractivity contribution in [1.82, 2.24) is 10.2 Å². The molecule has 1 aromatic rings. The molecule has 7 heteroatoms. The molecule has 1 heterocycles. The maximum atomic E-state index is 14.0. The van der Waals surface area contributed by atoms with Gasteiger partial charge in [0.25, 0.3) is 0 Å². The first-order chi connectivity index (χ1) is 13.3. The molecule has 150 valence electrons. The molecular formula is C21H24BrFN2O3. The van der Waals surface area contributed by atoms with E-state index in [1.807, 2.05) is 26.0 Å². The Bertz CT molecular complexity index is 798. The van der Waals surface area contributed by atoms with Crippen molar-refractivity contribution < 1.29 is 18.8 Å². The molecule has 1 aromatic carbocycles. The molecule has 1 saturated heterocycles. The van der Waals surface area contributed by atoms with Crippen molar-refractivity contribution in [1.29, 1.82) is 0 Å². The molecular weight excluding hydrogens is 427 g/mol. The van der Waals surface area contributed by atoms with Crippen LogP contribution in [0.4, 0.5) is 4.39 Å². The number of halogens is 2. The molecule has 1 N–H and O–H groups in total. The molecule has 3 atom stereocenters. The summed E-state index contributed by atoms with van der Waals surface area (Å²) in [5.41, 5.74) is 0.336. The van der Waals surface area contributed by atoms with Gasteiger partial charge >= 0.3 is 0 Å². The van der Waals surface area contributed by atoms with Gasteiger partial charge in [-0.15, -0.1) is 0 Å². The second-order valence-corrected chi connectivity index (χ2v) is 8.72. The largest absolute Gasteiger partial charge is 0.350 e. The predicted octanol–water partition coefficient (Wildman–Crippen LogP) is 3.57. The third-order valence-corrected chi connectivity index (χ3v) is 5.80. The van der Waals surface area contributed by atoms with Crippen LogP contribution in [-0.4, -0.2) is 28.7 Å². The average molecular weight is 451 g/mol. The maximum absolute atomic E-state index is 14.0. The molecule has 3 amide bonds. The van der Waals surface area contributed by atoms with Gasteiger partial charge in [0.15, 0.2) is 0 Å². The van der Waals surface area contributed by atoms with Crippen LogP contribution in [0.15, 0.2) is 34.8 Å². The smallest absolute Gasteiger partial charge is 0.243 e. The van der Waals surface area contributed by atoms with Crippen molar-refractivity contribution in [3.8, 4) is 0 Å². The average Bonchev–Trinajstić information content (AvgIpc) is 2.91. The first-order valence-electron chi connectivity index (χ1n) is 9.53. The number of rotatable bonds is 6. The number of carbonyl (C=O) groups is 3. The number of benzene rings is 1. The van der Waals surface area contributed by atoms with Gasteiger partial charge in [-0.25, -0.2) is 4.39 Å². The summed E-state index contributed by atoms with van der Waals surface area (Å²) in [4.78, 5) is 39.8. The Morgan fingerprint density at radius 2 is 1.82 bits per heavy atom. The Hall–Kier alpha value is -2.02. The number of imide groups is 1. The number of allylic oxidation sites excluding steroid dienone is 2. The number of fused-ring (bicyclic) bond motifs is 1. The van der Waals surface area contributed by atoms with Crippen molar-refractivity contribution in [2.24, 2.45) is 17.8 Å². The van der Waals surface area contributed by atoms with Crippen LogP contribution in [0.25, 0.3) is 0 Å². The minimum atomic E-state index is -0.874. The van der Waals surface area contributed by atoms with Gasteiger partial charge in [0, 0.05) is 16.6 Å². The van der Waals surface area contributed by atoms with Gasteiger partial charge in [0.05, 0.1) is 11.8 Å². The van der Waals surface area contributed by atoms with E-state index >= 15 is 0 Å². The highest BCUT2D eigenvalue weighted by Gasteiger charge is 2.51. The number of amides is 3. The van der Waals surface area contributed by atoms with Crippen molar-refractivity contribution in [2.45, 2.75) is 45.7 Å². The maximum Gasteiger partial charge on any atom is 0.243 e. The van der Waals surface area contributed by atoms with Crippen LogP contribution in [0.2, 0.25) is 0 Å². The van der Waals surface area contributed by atoms with E-state index < -0.39 is 17.8 Å². The second-order valence-electron chi connectivity index (χ2n) is 7.80. The van der Waals surface area contributed by atoms with Gasteiger partial charge in [-0.3, -0.25) is 19.3 Å². The molecule has 1 aliphatic heterocycles. The summed E-state index contributed by atoms with van der Waals surface area (Å²) < 4.78 is 14.7. The highest BCUT2D eigenvalue weighted by atomic mass is 79.9. The van der Waals surface area contributed by atoms with Crippen LogP contribution in [0.1, 0.15) is 38.7 Å². The molecule has 1 fully saturated rings. The van der Waals surface area contributed by atoms with Gasteiger partial charge in [-0.2, -0.15) is 0 Å². The fourth-order valence-corrected chi connectivity index (χ4v) is 4.30. The normalized spacial score (nSPS) is 22.5. The van der Waals surface area contributed by atoms with Crippen LogP contribution in [0, 0.1) is 23.6 Å². The highest BCUT2D eigenvalue weighted by Crippen LogP contribution is 2.37. The van der Waals surface area contributed by atoms with Crippen LogP contribution < -0.4 is 5.32 Å². The Kier molecular flexibility index (Phi) is 6.33. The first kappa shape index (κ1) is 20.7. The number of nitrogens with zero attached hydrogens (tertiary/aromatic N) is 1. The summed E-state index contributed by atoms with van der Waals surface area (Å²) in [7, 11) is 0. The quantitative estimate of drug-likeness (QED) is 0.531. The van der Waals surface area contributed by atoms with Crippen molar-refractivity contribution in [3.05, 3.63) is 46.2 Å². The number of nitrogens with one attached hydrogen (secondary N) is 1. The second kappa shape index (κ2) is 8.55. The van der Waals surface area contributed by atoms with Gasteiger partial charge in [0.1, 0.15) is 11.9 Å². The van der Waals surface area contributed by atoms with Gasteiger partial charge < -0.3 is 5.32 Å². The molecule has 0 aromatic heterocycles. The summed E-state index contributed by atoms with van der Waals surface area (Å²) in [5, 5.41) is 2.71. The first-order valence-corrected chi connectivity index (χ1v) is 10.3. The SMILES string of the molecule is CC(C)CC(C(=O)NCc1cc(Br)ccc1F)N1C(=O)C2CC=CCC2C1=O. The lowest BCUT2D eigenvalue weighted by Gasteiger charge is -2.27. The predicted molar refractivity (Wildman–Crippen MR) is 106 cm³/mol. The zero-order chi connectivity index (χ0) is 20.4. The number of likely N-dealkylation sites (tertiary alicyclic amines) is 1. The Balaban J connectivity index is 1.78. The fourth-order valence-electron chi connectivity index (χ4n) is 3.89. The van der Waals surface area contributed by atoms with Crippen molar-refractivity contribution in [3.63, 3.8) is 0 Å². The summed E-state index contributed by atoms with van der Waals surface area (Å²) in [6.45, 7) is 3.87.